The molecule has 0 bridgehead atoms. The summed E-state index contributed by atoms with van der Waals surface area (Å²) in [5.74, 6) is -0.00741. The van der Waals surface area contributed by atoms with Crippen LogP contribution in [-0.4, -0.2) is 51.5 Å². The molecule has 2 aromatic rings. The van der Waals surface area contributed by atoms with E-state index in [1.165, 1.54) is 6.07 Å². The lowest BCUT2D eigenvalue weighted by Gasteiger charge is -2.31. The summed E-state index contributed by atoms with van der Waals surface area (Å²) >= 11 is 0. The Kier molecular flexibility index (Phi) is 6.86. The van der Waals surface area contributed by atoms with Gasteiger partial charge in [-0.3, -0.25) is 4.79 Å². The summed E-state index contributed by atoms with van der Waals surface area (Å²) in [6.07, 6.45) is -2.55. The van der Waals surface area contributed by atoms with Gasteiger partial charge >= 0.3 is 6.18 Å². The second kappa shape index (κ2) is 9.79. The number of amides is 1. The van der Waals surface area contributed by atoms with Crippen molar-refractivity contribution in [1.82, 2.24) is 0 Å². The maximum atomic E-state index is 13.3. The van der Waals surface area contributed by atoms with Gasteiger partial charge in [-0.1, -0.05) is 6.07 Å². The Balaban J connectivity index is 1.52. The van der Waals surface area contributed by atoms with Gasteiger partial charge in [0.05, 0.1) is 36.3 Å². The Morgan fingerprint density at radius 2 is 1.94 bits per heavy atom. The summed E-state index contributed by atoms with van der Waals surface area (Å²) in [7, 11) is 0. The minimum absolute atomic E-state index is 0.0358. The van der Waals surface area contributed by atoms with Crippen molar-refractivity contribution in [2.75, 3.05) is 49.7 Å². The monoisotopic (exact) mass is 450 g/mol. The van der Waals surface area contributed by atoms with Gasteiger partial charge in [-0.15, -0.1) is 0 Å². The molecule has 0 aliphatic carbocycles. The zero-order valence-electron chi connectivity index (χ0n) is 17.5. The third kappa shape index (κ3) is 5.52. The molecule has 2 aromatic carbocycles. The molecule has 0 radical (unpaired) electrons. The van der Waals surface area contributed by atoms with E-state index in [1.54, 1.807) is 24.3 Å². The summed E-state index contributed by atoms with van der Waals surface area (Å²) in [5.41, 5.74) is 0.108. The fourth-order valence-electron chi connectivity index (χ4n) is 3.78. The second-order valence-corrected chi connectivity index (χ2v) is 7.76. The van der Waals surface area contributed by atoms with Crippen LogP contribution in [0.1, 0.15) is 28.8 Å². The molecule has 1 N–H and O–H groups in total. The minimum atomic E-state index is -4.51. The predicted octanol–water partition coefficient (Wildman–Crippen LogP) is 4.35. The van der Waals surface area contributed by atoms with Gasteiger partial charge < -0.3 is 24.4 Å². The van der Waals surface area contributed by atoms with Gasteiger partial charge in [0.25, 0.3) is 5.91 Å². The Hall–Kier alpha value is -2.78. The lowest BCUT2D eigenvalue weighted by molar-refractivity contribution is -0.137. The number of carbonyl (C=O) groups is 1. The number of nitrogens with zero attached hydrogens (tertiary/aromatic N) is 1. The second-order valence-electron chi connectivity index (χ2n) is 7.76. The molecule has 2 saturated heterocycles. The van der Waals surface area contributed by atoms with Crippen LogP contribution in [-0.2, 0) is 15.7 Å². The zero-order chi connectivity index (χ0) is 22.6. The van der Waals surface area contributed by atoms with Crippen molar-refractivity contribution in [3.63, 3.8) is 0 Å². The number of morpholine rings is 1. The summed E-state index contributed by atoms with van der Waals surface area (Å²) in [4.78, 5) is 14.8. The molecule has 2 fully saturated rings. The van der Waals surface area contributed by atoms with E-state index in [9.17, 15) is 18.0 Å². The smallest absolute Gasteiger partial charge is 0.416 e. The average Bonchev–Trinajstić information content (AvgIpc) is 3.31. The Morgan fingerprint density at radius 1 is 1.12 bits per heavy atom. The van der Waals surface area contributed by atoms with Crippen molar-refractivity contribution in [3.05, 3.63) is 53.6 Å². The minimum Gasteiger partial charge on any atom is -0.491 e. The summed E-state index contributed by atoms with van der Waals surface area (Å²) < 4.78 is 56.5. The van der Waals surface area contributed by atoms with E-state index in [4.69, 9.17) is 14.2 Å². The highest BCUT2D eigenvalue weighted by Gasteiger charge is 2.32. The van der Waals surface area contributed by atoms with E-state index in [0.717, 1.165) is 31.6 Å². The molecular weight excluding hydrogens is 425 g/mol. The van der Waals surface area contributed by atoms with Crippen molar-refractivity contribution < 1.29 is 32.2 Å². The van der Waals surface area contributed by atoms with Crippen LogP contribution in [0.4, 0.5) is 24.5 Å². The van der Waals surface area contributed by atoms with Crippen LogP contribution in [0.3, 0.4) is 0 Å². The summed E-state index contributed by atoms with van der Waals surface area (Å²) in [6.45, 7) is 3.11. The van der Waals surface area contributed by atoms with Gasteiger partial charge in [0, 0.05) is 25.3 Å². The van der Waals surface area contributed by atoms with Gasteiger partial charge in [-0.25, -0.2) is 0 Å². The number of benzene rings is 2. The van der Waals surface area contributed by atoms with E-state index >= 15 is 0 Å². The van der Waals surface area contributed by atoms with Gasteiger partial charge in [0.2, 0.25) is 0 Å². The lowest BCUT2D eigenvalue weighted by atomic mass is 10.1. The number of hydrogen-bond acceptors (Lipinski definition) is 5. The lowest BCUT2D eigenvalue weighted by Crippen LogP contribution is -2.36. The Labute approximate surface area is 184 Å². The molecular formula is C23H25F3N2O4. The van der Waals surface area contributed by atoms with E-state index in [0.29, 0.717) is 49.9 Å². The average molecular weight is 450 g/mol. The molecule has 2 heterocycles. The number of ether oxygens (including phenoxy) is 3. The first-order chi connectivity index (χ1) is 15.4. The molecule has 172 valence electrons. The van der Waals surface area contributed by atoms with Crippen molar-refractivity contribution in [2.45, 2.75) is 25.1 Å². The number of rotatable bonds is 6. The highest BCUT2D eigenvalue weighted by Crippen LogP contribution is 2.36. The summed E-state index contributed by atoms with van der Waals surface area (Å²) in [6, 6.07) is 9.97. The highest BCUT2D eigenvalue weighted by atomic mass is 19.4. The standard InChI is InChI=1S/C23H25F3N2O4/c24-23(25,26)17-6-7-21(28-8-11-30-12-9-28)20(14-17)27-22(29)16-3-1-4-18(13-16)32-15-19-5-2-10-31-19/h1,3-4,6-7,13-14,19H,2,5,8-12,15H2,(H,27,29). The van der Waals surface area contributed by atoms with Gasteiger partial charge in [0.15, 0.2) is 0 Å². The van der Waals surface area contributed by atoms with Gasteiger partial charge in [-0.05, 0) is 49.2 Å². The van der Waals surface area contributed by atoms with Gasteiger partial charge in [0.1, 0.15) is 12.4 Å². The quantitative estimate of drug-likeness (QED) is 0.709. The first-order valence-corrected chi connectivity index (χ1v) is 10.6. The number of alkyl halides is 3. The predicted molar refractivity (Wildman–Crippen MR) is 113 cm³/mol. The molecule has 1 unspecified atom stereocenters. The Bertz CT molecular complexity index is 939. The molecule has 4 rings (SSSR count). The molecule has 0 saturated carbocycles. The number of nitrogens with one attached hydrogen (secondary N) is 1. The number of anilines is 2. The van der Waals surface area contributed by atoms with Crippen LogP contribution < -0.4 is 15.0 Å². The molecule has 9 heteroatoms. The van der Waals surface area contributed by atoms with E-state index in [2.05, 4.69) is 5.32 Å². The molecule has 2 aliphatic rings. The molecule has 1 amide bonds. The van der Waals surface area contributed by atoms with Crippen LogP contribution in [0.2, 0.25) is 0 Å². The largest absolute Gasteiger partial charge is 0.491 e. The first kappa shape index (κ1) is 22.4. The van der Waals surface area contributed by atoms with Crippen LogP contribution in [0, 0.1) is 0 Å². The first-order valence-electron chi connectivity index (χ1n) is 10.6. The Morgan fingerprint density at radius 3 is 2.66 bits per heavy atom. The van der Waals surface area contributed by atoms with E-state index < -0.39 is 17.6 Å². The van der Waals surface area contributed by atoms with Crippen LogP contribution in [0.15, 0.2) is 42.5 Å². The highest BCUT2D eigenvalue weighted by molar-refractivity contribution is 6.06. The normalized spacial score (nSPS) is 19.1. The maximum absolute atomic E-state index is 13.3. The third-order valence-corrected chi connectivity index (χ3v) is 5.48. The molecule has 6 nitrogen and oxygen atoms in total. The van der Waals surface area contributed by atoms with Crippen molar-refractivity contribution >= 4 is 17.3 Å². The molecule has 0 aromatic heterocycles. The van der Waals surface area contributed by atoms with Gasteiger partial charge in [-0.2, -0.15) is 13.2 Å². The molecule has 0 spiro atoms. The van der Waals surface area contributed by atoms with Crippen LogP contribution in [0.5, 0.6) is 5.75 Å². The van der Waals surface area contributed by atoms with Crippen molar-refractivity contribution in [1.29, 1.82) is 0 Å². The van der Waals surface area contributed by atoms with E-state index in [1.807, 2.05) is 4.90 Å². The fourth-order valence-corrected chi connectivity index (χ4v) is 3.78. The molecule has 32 heavy (non-hydrogen) atoms. The zero-order valence-corrected chi connectivity index (χ0v) is 17.5. The number of carbonyl (C=O) groups excluding carboxylic acids is 1. The molecule has 1 atom stereocenters. The summed E-state index contributed by atoms with van der Waals surface area (Å²) in [5, 5.41) is 2.66. The third-order valence-electron chi connectivity index (χ3n) is 5.48. The van der Waals surface area contributed by atoms with E-state index in [-0.39, 0.29) is 11.8 Å². The van der Waals surface area contributed by atoms with Crippen LogP contribution >= 0.6 is 0 Å². The van der Waals surface area contributed by atoms with Crippen molar-refractivity contribution in [2.24, 2.45) is 0 Å². The number of halogens is 3. The topological polar surface area (TPSA) is 60.0 Å². The SMILES string of the molecule is O=C(Nc1cc(C(F)(F)F)ccc1N1CCOCC1)c1cccc(OCC2CCCO2)c1. The fraction of sp³-hybridized carbons (Fsp3) is 0.435. The molecule has 2 aliphatic heterocycles. The number of hydrogen-bond donors (Lipinski definition) is 1. The van der Waals surface area contributed by atoms with Crippen LogP contribution in [0.25, 0.3) is 0 Å². The van der Waals surface area contributed by atoms with Crippen molar-refractivity contribution in [3.8, 4) is 5.75 Å². The maximum Gasteiger partial charge on any atom is 0.416 e.